The quantitative estimate of drug-likeness (QED) is 0.719. The van der Waals surface area contributed by atoms with Crippen LogP contribution in [0.2, 0.25) is 5.02 Å². The Morgan fingerprint density at radius 1 is 1.18 bits per heavy atom. The van der Waals surface area contributed by atoms with Crippen LogP contribution in [0.4, 0.5) is 11.4 Å². The minimum absolute atomic E-state index is 0.0191. The lowest BCUT2D eigenvalue weighted by Gasteiger charge is -2.15. The number of aliphatic imine (C=N–C) groups is 1. The molecule has 0 radical (unpaired) electrons. The molecule has 0 bridgehead atoms. The minimum atomic E-state index is -0.548. The fraction of sp³-hybridized carbons (Fsp3) is 0.250. The average Bonchev–Trinajstić information content (AvgIpc) is 2.97. The molecular formula is C20H20ClN3O3S. The largest absolute Gasteiger partial charge is 0.396 e. The van der Waals surface area contributed by atoms with Gasteiger partial charge in [0.15, 0.2) is 5.17 Å². The molecule has 2 aromatic carbocycles. The van der Waals surface area contributed by atoms with Crippen LogP contribution in [0.25, 0.3) is 0 Å². The fourth-order valence-electron chi connectivity index (χ4n) is 2.69. The van der Waals surface area contributed by atoms with Crippen LogP contribution in [-0.4, -0.2) is 45.4 Å². The maximum absolute atomic E-state index is 12.8. The van der Waals surface area contributed by atoms with Gasteiger partial charge >= 0.3 is 0 Å². The Kier molecular flexibility index (Phi) is 7.08. The molecule has 28 heavy (non-hydrogen) atoms. The monoisotopic (exact) mass is 417 g/mol. The second kappa shape index (κ2) is 9.73. The second-order valence-electron chi connectivity index (χ2n) is 6.16. The molecule has 3 rings (SSSR count). The van der Waals surface area contributed by atoms with E-state index in [0.717, 1.165) is 5.69 Å². The molecule has 0 aromatic heterocycles. The number of amides is 2. The molecule has 0 unspecified atom stereocenters. The number of nitrogens with zero attached hydrogens (tertiary/aromatic N) is 2. The molecule has 1 heterocycles. The molecular weight excluding hydrogens is 398 g/mol. The highest BCUT2D eigenvalue weighted by molar-refractivity contribution is 8.15. The molecule has 2 N–H and O–H groups in total. The van der Waals surface area contributed by atoms with Gasteiger partial charge < -0.3 is 10.4 Å². The third kappa shape index (κ3) is 5.34. The lowest BCUT2D eigenvalue weighted by molar-refractivity contribution is -0.128. The molecule has 0 aliphatic carbocycles. The van der Waals surface area contributed by atoms with Gasteiger partial charge in [-0.25, -0.2) is 4.99 Å². The van der Waals surface area contributed by atoms with Crippen molar-refractivity contribution in [2.24, 2.45) is 4.99 Å². The summed E-state index contributed by atoms with van der Waals surface area (Å²) in [6.45, 7) is 0.345. The standard InChI is InChI=1S/C20H20ClN3O3S/c21-14-7-9-16(10-8-14)22-18(26)13-17-19(27)24(11-4-12-25)20(28-17)23-15-5-2-1-3-6-15/h1-3,5-10,17,25H,4,11-13H2,(H,22,26)/t17-/m1/s1. The summed E-state index contributed by atoms with van der Waals surface area (Å²) in [5.74, 6) is -0.421. The van der Waals surface area contributed by atoms with Crippen molar-refractivity contribution in [1.82, 2.24) is 4.90 Å². The van der Waals surface area contributed by atoms with Gasteiger partial charge in [-0.1, -0.05) is 41.6 Å². The molecule has 1 aliphatic rings. The van der Waals surface area contributed by atoms with E-state index in [-0.39, 0.29) is 24.8 Å². The smallest absolute Gasteiger partial charge is 0.242 e. The highest BCUT2D eigenvalue weighted by Crippen LogP contribution is 2.32. The molecule has 6 nitrogen and oxygen atoms in total. The summed E-state index contributed by atoms with van der Waals surface area (Å²) in [5.41, 5.74) is 1.36. The number of amidine groups is 1. The molecule has 146 valence electrons. The summed E-state index contributed by atoms with van der Waals surface area (Å²) in [6.07, 6.45) is 0.485. The van der Waals surface area contributed by atoms with Crippen molar-refractivity contribution in [3.8, 4) is 0 Å². The zero-order valence-corrected chi connectivity index (χ0v) is 16.6. The maximum atomic E-state index is 12.8. The lowest BCUT2D eigenvalue weighted by atomic mass is 10.2. The van der Waals surface area contributed by atoms with E-state index in [1.54, 1.807) is 29.2 Å². The van der Waals surface area contributed by atoms with E-state index < -0.39 is 5.25 Å². The van der Waals surface area contributed by atoms with Crippen LogP contribution in [-0.2, 0) is 9.59 Å². The first-order valence-corrected chi connectivity index (χ1v) is 10.1. The Hall–Kier alpha value is -2.35. The number of benzene rings is 2. The van der Waals surface area contributed by atoms with Crippen LogP contribution in [0.1, 0.15) is 12.8 Å². The summed E-state index contributed by atoms with van der Waals surface area (Å²) in [7, 11) is 0. The number of carbonyl (C=O) groups excluding carboxylic acids is 2. The van der Waals surface area contributed by atoms with Crippen LogP contribution in [0.5, 0.6) is 0 Å². The normalized spacial score (nSPS) is 17.9. The number of hydrogen-bond donors (Lipinski definition) is 2. The van der Waals surface area contributed by atoms with Gasteiger partial charge in [-0.3, -0.25) is 14.5 Å². The fourth-order valence-corrected chi connectivity index (χ4v) is 4.00. The van der Waals surface area contributed by atoms with Crippen molar-refractivity contribution in [2.45, 2.75) is 18.1 Å². The van der Waals surface area contributed by atoms with Crippen LogP contribution in [0.3, 0.4) is 0 Å². The average molecular weight is 418 g/mol. The number of rotatable bonds is 7. The van der Waals surface area contributed by atoms with E-state index in [4.69, 9.17) is 16.7 Å². The van der Waals surface area contributed by atoms with E-state index in [9.17, 15) is 9.59 Å². The predicted molar refractivity (Wildman–Crippen MR) is 113 cm³/mol. The van der Waals surface area contributed by atoms with Crippen molar-refractivity contribution in [2.75, 3.05) is 18.5 Å². The molecule has 1 aliphatic heterocycles. The first-order chi connectivity index (χ1) is 13.6. The number of hydrogen-bond acceptors (Lipinski definition) is 5. The predicted octanol–water partition coefficient (Wildman–Crippen LogP) is 3.68. The van der Waals surface area contributed by atoms with Gasteiger partial charge in [0.2, 0.25) is 11.8 Å². The summed E-state index contributed by atoms with van der Waals surface area (Å²) >= 11 is 7.12. The first kappa shape index (κ1) is 20.4. The van der Waals surface area contributed by atoms with Crippen molar-refractivity contribution < 1.29 is 14.7 Å². The maximum Gasteiger partial charge on any atom is 0.242 e. The summed E-state index contributed by atoms with van der Waals surface area (Å²) < 4.78 is 0. The van der Waals surface area contributed by atoms with Gasteiger partial charge in [-0.2, -0.15) is 0 Å². The summed E-state index contributed by atoms with van der Waals surface area (Å²) in [6, 6.07) is 16.1. The third-order valence-corrected chi connectivity index (χ3v) is 5.47. The Labute approximate surface area is 172 Å². The Bertz CT molecular complexity index is 859. The number of aliphatic hydroxyl groups is 1. The van der Waals surface area contributed by atoms with Gasteiger partial charge in [0.1, 0.15) is 5.25 Å². The van der Waals surface area contributed by atoms with Crippen molar-refractivity contribution in [3.05, 3.63) is 59.6 Å². The molecule has 1 fully saturated rings. The van der Waals surface area contributed by atoms with E-state index in [1.807, 2.05) is 30.3 Å². The Morgan fingerprint density at radius 3 is 2.57 bits per heavy atom. The minimum Gasteiger partial charge on any atom is -0.396 e. The van der Waals surface area contributed by atoms with Crippen molar-refractivity contribution in [1.29, 1.82) is 0 Å². The Balaban J connectivity index is 1.70. The molecule has 0 spiro atoms. The summed E-state index contributed by atoms with van der Waals surface area (Å²) in [5, 5.41) is 12.5. The van der Waals surface area contributed by atoms with Gasteiger partial charge in [-0.15, -0.1) is 0 Å². The van der Waals surface area contributed by atoms with Crippen LogP contribution in [0.15, 0.2) is 59.6 Å². The van der Waals surface area contributed by atoms with E-state index in [1.165, 1.54) is 11.8 Å². The van der Waals surface area contributed by atoms with E-state index in [0.29, 0.717) is 28.8 Å². The number of aliphatic hydroxyl groups excluding tert-OH is 1. The third-order valence-electron chi connectivity index (χ3n) is 4.04. The number of para-hydroxylation sites is 1. The SMILES string of the molecule is O=C(C[C@H]1SC(=Nc2ccccc2)N(CCCO)C1=O)Nc1ccc(Cl)cc1. The second-order valence-corrected chi connectivity index (χ2v) is 7.77. The number of halogens is 1. The van der Waals surface area contributed by atoms with Crippen LogP contribution < -0.4 is 5.32 Å². The topological polar surface area (TPSA) is 82.0 Å². The van der Waals surface area contributed by atoms with Gasteiger partial charge in [0.05, 0.1) is 5.69 Å². The number of nitrogens with one attached hydrogen (secondary N) is 1. The lowest BCUT2D eigenvalue weighted by Crippen LogP contribution is -2.34. The molecule has 1 atom stereocenters. The van der Waals surface area contributed by atoms with Gasteiger partial charge in [-0.05, 0) is 42.8 Å². The highest BCUT2D eigenvalue weighted by Gasteiger charge is 2.38. The zero-order chi connectivity index (χ0) is 19.9. The number of carbonyl (C=O) groups is 2. The van der Waals surface area contributed by atoms with Crippen LogP contribution >= 0.6 is 23.4 Å². The number of thioether (sulfide) groups is 1. The van der Waals surface area contributed by atoms with Crippen LogP contribution in [0, 0.1) is 0 Å². The van der Waals surface area contributed by atoms with E-state index in [2.05, 4.69) is 10.3 Å². The highest BCUT2D eigenvalue weighted by atomic mass is 35.5. The Morgan fingerprint density at radius 2 is 1.89 bits per heavy atom. The molecule has 2 amide bonds. The van der Waals surface area contributed by atoms with E-state index >= 15 is 0 Å². The number of anilines is 1. The van der Waals surface area contributed by atoms with Crippen molar-refractivity contribution >= 4 is 51.7 Å². The van der Waals surface area contributed by atoms with Gasteiger partial charge in [0, 0.05) is 30.3 Å². The first-order valence-electron chi connectivity index (χ1n) is 8.85. The summed E-state index contributed by atoms with van der Waals surface area (Å²) in [4.78, 5) is 31.3. The molecule has 0 saturated carbocycles. The molecule has 2 aromatic rings. The molecule has 8 heteroatoms. The zero-order valence-electron chi connectivity index (χ0n) is 15.0. The molecule has 1 saturated heterocycles. The van der Waals surface area contributed by atoms with Gasteiger partial charge in [0.25, 0.3) is 0 Å². The van der Waals surface area contributed by atoms with Crippen molar-refractivity contribution in [3.63, 3.8) is 0 Å².